The maximum absolute atomic E-state index is 5.25. The molecule has 70 valence electrons. The molecule has 1 rings (SSSR count). The van der Waals surface area contributed by atoms with E-state index in [0.29, 0.717) is 13.0 Å². The minimum absolute atomic E-state index is 0. The van der Waals surface area contributed by atoms with Crippen molar-refractivity contribution in [1.29, 1.82) is 0 Å². The third-order valence-corrected chi connectivity index (χ3v) is 1.14. The van der Waals surface area contributed by atoms with Crippen LogP contribution in [0.15, 0.2) is 0 Å². The zero-order chi connectivity index (χ0) is 8.69. The topological polar surface area (TPSA) is 104 Å². The minimum Gasteiger partial charge on any atom is -0.615 e. The van der Waals surface area contributed by atoms with Crippen molar-refractivity contribution >= 4 is 0 Å². The number of nitrogens with two attached hydrogens (primary N) is 2. The third-order valence-electron chi connectivity index (χ3n) is 1.14. The molecule has 7 heteroatoms. The molecule has 1 aliphatic rings. The van der Waals surface area contributed by atoms with Gasteiger partial charge < -0.3 is 28.1 Å². The van der Waals surface area contributed by atoms with Gasteiger partial charge in [-0.1, -0.05) is 6.61 Å². The Labute approximate surface area is 95.4 Å². The molecule has 1 fully saturated rings. The molecule has 1 heterocycles. The molecule has 12 heavy (non-hydrogen) atoms. The van der Waals surface area contributed by atoms with Gasteiger partial charge in [-0.25, -0.2) is 5.90 Å². The van der Waals surface area contributed by atoms with Crippen LogP contribution < -0.4 is 11.7 Å². The molecular weight excluding hydrogens is 388 g/mol. The molecule has 1 saturated heterocycles. The van der Waals surface area contributed by atoms with Crippen LogP contribution in [0.25, 0.3) is 5.84 Å². The second-order valence-corrected chi connectivity index (χ2v) is 1.74. The first-order valence-electron chi connectivity index (χ1n) is 3.07. The molecule has 0 aliphatic carbocycles. The molecule has 5 N–H and O–H groups in total. The van der Waals surface area contributed by atoms with Gasteiger partial charge >= 0.3 is 31.1 Å². The SMILES string of the molecule is [CH2-]COC1CC(ON)O1.[NH-]N.[U+2]. The van der Waals surface area contributed by atoms with Crippen molar-refractivity contribution in [2.45, 2.75) is 19.0 Å². The van der Waals surface area contributed by atoms with Crippen molar-refractivity contribution in [1.82, 2.24) is 0 Å². The molecule has 0 amide bonds. The number of hydrogen-bond acceptors (Lipinski definition) is 5. The Balaban J connectivity index is 0. The molecule has 0 saturated carbocycles. The monoisotopic (exact) mass is 401 g/mol. The average Bonchev–Trinajstić information content (AvgIpc) is 2.00. The third kappa shape index (κ3) is 5.46. The Morgan fingerprint density at radius 2 is 2.00 bits per heavy atom. The summed E-state index contributed by atoms with van der Waals surface area (Å²) in [5, 5.41) is 0. The van der Waals surface area contributed by atoms with Gasteiger partial charge in [0.25, 0.3) is 0 Å². The number of ether oxygens (including phenoxy) is 2. The summed E-state index contributed by atoms with van der Waals surface area (Å²) in [5.41, 5.74) is 0. The fourth-order valence-corrected chi connectivity index (χ4v) is 0.642. The smallest absolute Gasteiger partial charge is 0.615 e. The summed E-state index contributed by atoms with van der Waals surface area (Å²) < 4.78 is 9.86. The molecule has 0 aromatic heterocycles. The molecule has 0 aromatic rings. The Kier molecular flexibility index (Phi) is 12.6. The molecule has 0 bridgehead atoms. The average molecular weight is 401 g/mol. The van der Waals surface area contributed by atoms with Crippen molar-refractivity contribution < 1.29 is 45.4 Å². The fraction of sp³-hybridized carbons (Fsp3) is 0.800. The first-order valence-corrected chi connectivity index (χ1v) is 3.07. The van der Waals surface area contributed by atoms with Gasteiger partial charge in [-0.3, -0.25) is 4.84 Å². The molecule has 1 aliphatic heterocycles. The number of rotatable bonds is 3. The molecular formula is C5H13N3O3U. The van der Waals surface area contributed by atoms with Gasteiger partial charge in [0.15, 0.2) is 12.6 Å². The summed E-state index contributed by atoms with van der Waals surface area (Å²) in [6.07, 6.45) is 0.268. The first-order chi connectivity index (χ1) is 5.36. The van der Waals surface area contributed by atoms with E-state index in [2.05, 4.69) is 17.6 Å². The van der Waals surface area contributed by atoms with E-state index < -0.39 is 0 Å². The molecule has 2 unspecified atom stereocenters. The van der Waals surface area contributed by atoms with E-state index in [0.717, 1.165) is 0 Å². The van der Waals surface area contributed by atoms with Crippen LogP contribution in [0.1, 0.15) is 6.42 Å². The predicted molar refractivity (Wildman–Crippen MR) is 38.4 cm³/mol. The Morgan fingerprint density at radius 3 is 2.33 bits per heavy atom. The standard InChI is InChI=1S/C5H10NO3.H3N2.U/c1-2-7-4-3-5(8-4)9-6;1-2;/h4-5H,1-3,6H2;1H,2H2;/q2*-1;+2. The van der Waals surface area contributed by atoms with Gasteiger partial charge in [0, 0.05) is 0 Å². The van der Waals surface area contributed by atoms with E-state index in [1.54, 1.807) is 0 Å². The van der Waals surface area contributed by atoms with Crippen molar-refractivity contribution in [3.05, 3.63) is 12.8 Å². The zero-order valence-electron chi connectivity index (χ0n) is 6.66. The van der Waals surface area contributed by atoms with Gasteiger partial charge in [-0.05, 0) is 0 Å². The summed E-state index contributed by atoms with van der Waals surface area (Å²) in [5.74, 6) is 13.8. The van der Waals surface area contributed by atoms with Crippen LogP contribution in [0.5, 0.6) is 0 Å². The Bertz CT molecular complexity index is 92.0. The zero-order valence-corrected chi connectivity index (χ0v) is 10.8. The van der Waals surface area contributed by atoms with Crippen LogP contribution >= 0.6 is 0 Å². The number of nitrogens with one attached hydrogen (secondary N) is 1. The van der Waals surface area contributed by atoms with Crippen LogP contribution in [-0.2, 0) is 14.3 Å². The predicted octanol–water partition coefficient (Wildman–Crippen LogP) is -0.288. The van der Waals surface area contributed by atoms with Crippen LogP contribution in [0, 0.1) is 38.0 Å². The summed E-state index contributed by atoms with van der Waals surface area (Å²) in [7, 11) is 0. The second kappa shape index (κ2) is 9.90. The normalized spacial score (nSPS) is 26.0. The second-order valence-electron chi connectivity index (χ2n) is 1.74. The van der Waals surface area contributed by atoms with Crippen LogP contribution in [0.2, 0.25) is 0 Å². The quantitative estimate of drug-likeness (QED) is 0.385. The maximum Gasteiger partial charge on any atom is 2.00 e. The fourth-order valence-electron chi connectivity index (χ4n) is 0.642. The van der Waals surface area contributed by atoms with E-state index in [9.17, 15) is 0 Å². The van der Waals surface area contributed by atoms with Crippen molar-refractivity contribution in [3.63, 3.8) is 0 Å². The van der Waals surface area contributed by atoms with Gasteiger partial charge in [-0.2, -0.15) is 0 Å². The van der Waals surface area contributed by atoms with Crippen LogP contribution in [0.3, 0.4) is 0 Å². The summed E-state index contributed by atoms with van der Waals surface area (Å²) >= 11 is 0. The number of hydrogen-bond donors (Lipinski definition) is 2. The molecule has 0 aromatic carbocycles. The molecule has 2 atom stereocenters. The van der Waals surface area contributed by atoms with Gasteiger partial charge in [0.2, 0.25) is 0 Å². The largest absolute Gasteiger partial charge is 2.00 e. The van der Waals surface area contributed by atoms with Gasteiger partial charge in [-0.15, -0.1) is 0 Å². The molecule has 6 nitrogen and oxygen atoms in total. The van der Waals surface area contributed by atoms with E-state index >= 15 is 0 Å². The van der Waals surface area contributed by atoms with E-state index in [1.807, 2.05) is 0 Å². The summed E-state index contributed by atoms with van der Waals surface area (Å²) in [6, 6.07) is 0. The van der Waals surface area contributed by atoms with E-state index in [1.165, 1.54) is 0 Å². The van der Waals surface area contributed by atoms with Gasteiger partial charge in [0.05, 0.1) is 6.42 Å². The van der Waals surface area contributed by atoms with Crippen molar-refractivity contribution in [2.75, 3.05) is 6.61 Å². The Hall–Kier alpha value is 0.812. The Morgan fingerprint density at radius 1 is 1.50 bits per heavy atom. The van der Waals surface area contributed by atoms with Crippen LogP contribution in [-0.4, -0.2) is 19.2 Å². The van der Waals surface area contributed by atoms with Gasteiger partial charge in [0.1, 0.15) is 0 Å². The van der Waals surface area contributed by atoms with Crippen molar-refractivity contribution in [2.24, 2.45) is 11.7 Å². The van der Waals surface area contributed by atoms with E-state index in [-0.39, 0.29) is 43.7 Å². The maximum atomic E-state index is 5.25. The molecule has 0 radical (unpaired) electrons. The minimum atomic E-state index is -0.276. The summed E-state index contributed by atoms with van der Waals surface area (Å²) in [6.45, 7) is 3.90. The first kappa shape index (κ1) is 15.3. The van der Waals surface area contributed by atoms with Crippen molar-refractivity contribution in [3.8, 4) is 0 Å². The van der Waals surface area contributed by atoms with E-state index in [4.69, 9.17) is 21.2 Å². The molecule has 0 spiro atoms. The summed E-state index contributed by atoms with van der Waals surface area (Å²) in [4.78, 5) is 4.34. The van der Waals surface area contributed by atoms with Crippen LogP contribution in [0.4, 0.5) is 0 Å².